The summed E-state index contributed by atoms with van der Waals surface area (Å²) in [4.78, 5) is 0. The van der Waals surface area contributed by atoms with Crippen molar-refractivity contribution in [3.05, 3.63) is 0 Å². The molecule has 1 spiro atoms. The molecule has 17 heavy (non-hydrogen) atoms. The molecule has 2 aliphatic rings. The standard InChI is InChI=1S/C11H18F3NO2/c1-2-3-8-6-10(16-4-5-17-10)7-9(15-8)11(12,13)14/h8-9,15H,2-7H2,1H3/t8-,9-/m1/s1. The predicted octanol–water partition coefficient (Wildman–Crippen LogP) is 2.21. The van der Waals surface area contributed by atoms with Crippen molar-refractivity contribution in [2.45, 2.75) is 56.7 Å². The summed E-state index contributed by atoms with van der Waals surface area (Å²) in [6.45, 7) is 2.74. The summed E-state index contributed by atoms with van der Waals surface area (Å²) < 4.78 is 49.3. The number of halogens is 3. The van der Waals surface area contributed by atoms with Gasteiger partial charge in [0.05, 0.1) is 13.2 Å². The maximum atomic E-state index is 12.8. The van der Waals surface area contributed by atoms with E-state index in [1.807, 2.05) is 6.92 Å². The second kappa shape index (κ2) is 4.74. The third-order valence-corrected chi connectivity index (χ3v) is 3.36. The minimum absolute atomic E-state index is 0.142. The van der Waals surface area contributed by atoms with E-state index in [-0.39, 0.29) is 12.5 Å². The molecule has 1 N–H and O–H groups in total. The summed E-state index contributed by atoms with van der Waals surface area (Å²) in [5.74, 6) is -1.01. The summed E-state index contributed by atoms with van der Waals surface area (Å²) in [6, 6.07) is -1.70. The first-order valence-corrected chi connectivity index (χ1v) is 6.06. The molecule has 0 aliphatic carbocycles. The minimum Gasteiger partial charge on any atom is -0.347 e. The molecule has 2 rings (SSSR count). The molecule has 0 saturated carbocycles. The van der Waals surface area contributed by atoms with Crippen LogP contribution in [0, 0.1) is 0 Å². The van der Waals surface area contributed by atoms with E-state index in [4.69, 9.17) is 9.47 Å². The van der Waals surface area contributed by atoms with Crippen molar-refractivity contribution in [2.24, 2.45) is 0 Å². The third-order valence-electron chi connectivity index (χ3n) is 3.36. The van der Waals surface area contributed by atoms with Crippen LogP contribution in [0.1, 0.15) is 32.6 Å². The van der Waals surface area contributed by atoms with E-state index < -0.39 is 18.0 Å². The molecule has 3 nitrogen and oxygen atoms in total. The van der Waals surface area contributed by atoms with Gasteiger partial charge in [-0.3, -0.25) is 0 Å². The van der Waals surface area contributed by atoms with E-state index in [0.29, 0.717) is 26.1 Å². The number of piperidine rings is 1. The Hall–Kier alpha value is -0.330. The molecule has 0 aromatic heterocycles. The molecule has 2 saturated heterocycles. The molecule has 2 aliphatic heterocycles. The van der Waals surface area contributed by atoms with Gasteiger partial charge in [0.1, 0.15) is 6.04 Å². The van der Waals surface area contributed by atoms with Gasteiger partial charge in [0.25, 0.3) is 0 Å². The SMILES string of the molecule is CCC[C@@H]1CC2(C[C@H](C(F)(F)F)N1)OCCO2. The maximum absolute atomic E-state index is 12.8. The van der Waals surface area contributed by atoms with Crippen LogP contribution in [-0.4, -0.2) is 37.3 Å². The topological polar surface area (TPSA) is 30.5 Å². The van der Waals surface area contributed by atoms with Gasteiger partial charge < -0.3 is 14.8 Å². The summed E-state index contributed by atoms with van der Waals surface area (Å²) in [5, 5.41) is 2.66. The van der Waals surface area contributed by atoms with E-state index in [1.165, 1.54) is 0 Å². The second-order valence-electron chi connectivity index (χ2n) is 4.76. The number of alkyl halides is 3. The van der Waals surface area contributed by atoms with Crippen molar-refractivity contribution in [3.8, 4) is 0 Å². The Bertz CT molecular complexity index is 264. The van der Waals surface area contributed by atoms with E-state index in [2.05, 4.69) is 5.32 Å². The highest BCUT2D eigenvalue weighted by Crippen LogP contribution is 2.39. The quantitative estimate of drug-likeness (QED) is 0.818. The lowest BCUT2D eigenvalue weighted by atomic mass is 9.90. The molecule has 0 aromatic rings. The van der Waals surface area contributed by atoms with Crippen LogP contribution in [0.25, 0.3) is 0 Å². The lowest BCUT2D eigenvalue weighted by Crippen LogP contribution is -2.59. The number of rotatable bonds is 2. The summed E-state index contributed by atoms with van der Waals surface area (Å²) in [6.07, 6.45) is -2.32. The zero-order valence-corrected chi connectivity index (χ0v) is 9.85. The van der Waals surface area contributed by atoms with E-state index in [9.17, 15) is 13.2 Å². The molecule has 0 amide bonds. The normalized spacial score (nSPS) is 33.2. The zero-order valence-electron chi connectivity index (χ0n) is 9.85. The molecule has 2 fully saturated rings. The Morgan fingerprint density at radius 2 is 1.88 bits per heavy atom. The molecule has 0 unspecified atom stereocenters. The van der Waals surface area contributed by atoms with Gasteiger partial charge in [0.2, 0.25) is 0 Å². The lowest BCUT2D eigenvalue weighted by Gasteiger charge is -2.42. The summed E-state index contributed by atoms with van der Waals surface area (Å²) in [5.41, 5.74) is 0. The smallest absolute Gasteiger partial charge is 0.347 e. The number of hydrogen-bond acceptors (Lipinski definition) is 3. The van der Waals surface area contributed by atoms with Gasteiger partial charge in [-0.25, -0.2) is 0 Å². The van der Waals surface area contributed by atoms with Crippen LogP contribution in [0.2, 0.25) is 0 Å². The highest BCUT2D eigenvalue weighted by atomic mass is 19.4. The van der Waals surface area contributed by atoms with Crippen molar-refractivity contribution in [1.29, 1.82) is 0 Å². The van der Waals surface area contributed by atoms with E-state index >= 15 is 0 Å². The lowest BCUT2D eigenvalue weighted by molar-refractivity contribution is -0.233. The van der Waals surface area contributed by atoms with Gasteiger partial charge in [-0.2, -0.15) is 13.2 Å². The van der Waals surface area contributed by atoms with Gasteiger partial charge in [-0.05, 0) is 6.42 Å². The number of nitrogens with one attached hydrogen (secondary N) is 1. The average Bonchev–Trinajstić information content (AvgIpc) is 2.64. The van der Waals surface area contributed by atoms with Gasteiger partial charge in [-0.1, -0.05) is 13.3 Å². The van der Waals surface area contributed by atoms with Crippen LogP contribution < -0.4 is 5.32 Å². The largest absolute Gasteiger partial charge is 0.404 e. The number of ether oxygens (including phenoxy) is 2. The summed E-state index contributed by atoms with van der Waals surface area (Å²) >= 11 is 0. The van der Waals surface area contributed by atoms with Crippen molar-refractivity contribution < 1.29 is 22.6 Å². The molecule has 0 bridgehead atoms. The summed E-state index contributed by atoms with van der Waals surface area (Å²) in [7, 11) is 0. The molecular weight excluding hydrogens is 235 g/mol. The fraction of sp³-hybridized carbons (Fsp3) is 1.00. The first-order chi connectivity index (χ1) is 7.95. The Labute approximate surface area is 98.7 Å². The van der Waals surface area contributed by atoms with Crippen molar-refractivity contribution in [2.75, 3.05) is 13.2 Å². The Balaban J connectivity index is 2.09. The molecular formula is C11H18F3NO2. The fourth-order valence-electron chi connectivity index (χ4n) is 2.65. The second-order valence-corrected chi connectivity index (χ2v) is 4.76. The third kappa shape index (κ3) is 2.92. The highest BCUT2D eigenvalue weighted by Gasteiger charge is 2.52. The van der Waals surface area contributed by atoms with Crippen LogP contribution in [0.15, 0.2) is 0 Å². The van der Waals surface area contributed by atoms with Gasteiger partial charge in [-0.15, -0.1) is 0 Å². The van der Waals surface area contributed by atoms with Crippen molar-refractivity contribution in [1.82, 2.24) is 5.32 Å². The molecule has 100 valence electrons. The van der Waals surface area contributed by atoms with Gasteiger partial charge in [0, 0.05) is 18.9 Å². The molecule has 0 aromatic carbocycles. The predicted molar refractivity (Wildman–Crippen MR) is 55.5 cm³/mol. The molecule has 0 radical (unpaired) electrons. The van der Waals surface area contributed by atoms with Gasteiger partial charge >= 0.3 is 6.18 Å². The zero-order chi connectivity index (χ0) is 12.5. The highest BCUT2D eigenvalue weighted by molar-refractivity contribution is 4.95. The first kappa shape index (κ1) is 13.1. The average molecular weight is 253 g/mol. The van der Waals surface area contributed by atoms with E-state index in [0.717, 1.165) is 6.42 Å². The fourth-order valence-corrected chi connectivity index (χ4v) is 2.65. The van der Waals surface area contributed by atoms with E-state index in [1.54, 1.807) is 0 Å². The molecule has 6 heteroatoms. The maximum Gasteiger partial charge on any atom is 0.404 e. The minimum atomic E-state index is -4.24. The van der Waals surface area contributed by atoms with Crippen molar-refractivity contribution in [3.63, 3.8) is 0 Å². The first-order valence-electron chi connectivity index (χ1n) is 6.06. The van der Waals surface area contributed by atoms with Crippen LogP contribution in [0.5, 0.6) is 0 Å². The monoisotopic (exact) mass is 253 g/mol. The van der Waals surface area contributed by atoms with Crippen LogP contribution in [0.3, 0.4) is 0 Å². The Morgan fingerprint density at radius 3 is 2.41 bits per heavy atom. The van der Waals surface area contributed by atoms with Crippen LogP contribution in [0.4, 0.5) is 13.2 Å². The Kier molecular flexibility index (Phi) is 3.66. The molecule has 2 heterocycles. The Morgan fingerprint density at radius 1 is 1.24 bits per heavy atom. The van der Waals surface area contributed by atoms with Crippen molar-refractivity contribution >= 4 is 0 Å². The van der Waals surface area contributed by atoms with Gasteiger partial charge in [0.15, 0.2) is 5.79 Å². The van der Waals surface area contributed by atoms with Crippen LogP contribution in [-0.2, 0) is 9.47 Å². The number of hydrogen-bond donors (Lipinski definition) is 1. The molecule has 2 atom stereocenters. The van der Waals surface area contributed by atoms with Crippen LogP contribution >= 0.6 is 0 Å².